The molecule has 1 aliphatic heterocycles. The summed E-state index contributed by atoms with van der Waals surface area (Å²) >= 11 is 6.39. The molecule has 1 saturated heterocycles. The van der Waals surface area contributed by atoms with E-state index in [2.05, 4.69) is 28.1 Å². The van der Waals surface area contributed by atoms with E-state index in [1.165, 1.54) is 11.1 Å². The Labute approximate surface area is 287 Å². The SMILES string of the molecule is CC(C)(c1cccc(Cl)c1)C(OC(=O)NC(CC1CCCCC1)C(=O)NC(CC1CCNC1=O)C(=O)C(N)=O)c1ccc2c(c1)CCC2. The van der Waals surface area contributed by atoms with Gasteiger partial charge in [-0.25, -0.2) is 4.79 Å². The van der Waals surface area contributed by atoms with Crippen molar-refractivity contribution < 1.29 is 28.7 Å². The Bertz CT molecular complexity index is 1540. The first-order valence-corrected chi connectivity index (χ1v) is 17.6. The first-order valence-electron chi connectivity index (χ1n) is 17.2. The summed E-state index contributed by atoms with van der Waals surface area (Å²) < 4.78 is 6.27. The van der Waals surface area contributed by atoms with Gasteiger partial charge < -0.3 is 26.4 Å². The number of nitrogens with two attached hydrogens (primary N) is 1. The Hall–Kier alpha value is -3.92. The number of nitrogens with one attached hydrogen (secondary N) is 3. The van der Waals surface area contributed by atoms with Crippen LogP contribution in [0.15, 0.2) is 42.5 Å². The number of aryl methyl sites for hydroxylation is 2. The maximum absolute atomic E-state index is 13.9. The molecule has 4 atom stereocenters. The standard InChI is InChI=1S/C37H47ClN4O6/c1-37(2,27-12-7-13-28(38)21-27)32(25-15-14-23-10-6-11-24(23)19-25)48-36(47)42-30(18-22-8-4-3-5-9-22)35(46)41-29(31(43)33(39)44)20-26-16-17-40-34(26)45/h7,12-15,19,21-22,26,29-30,32H,3-6,8-11,16-18,20H2,1-2H3,(H2,39,44)(H,40,45)(H,41,46)(H,42,47). The topological polar surface area (TPSA) is 157 Å². The molecule has 0 bridgehead atoms. The summed E-state index contributed by atoms with van der Waals surface area (Å²) in [6.07, 6.45) is 7.26. The maximum atomic E-state index is 13.9. The van der Waals surface area contributed by atoms with Gasteiger partial charge in [0.15, 0.2) is 0 Å². The molecule has 5 N–H and O–H groups in total. The molecular formula is C37H47ClN4O6. The first-order chi connectivity index (χ1) is 22.9. The van der Waals surface area contributed by atoms with Crippen molar-refractivity contribution in [2.45, 2.75) is 108 Å². The number of alkyl carbamates (subject to hydrolysis) is 1. The molecule has 11 heteroatoms. The van der Waals surface area contributed by atoms with E-state index in [0.717, 1.165) is 62.5 Å². The number of hydrogen-bond acceptors (Lipinski definition) is 6. The number of benzene rings is 2. The van der Waals surface area contributed by atoms with Gasteiger partial charge in [-0.3, -0.25) is 19.2 Å². The number of halogens is 1. The van der Waals surface area contributed by atoms with Crippen LogP contribution in [0.2, 0.25) is 5.02 Å². The van der Waals surface area contributed by atoms with Gasteiger partial charge in [-0.1, -0.05) is 87.9 Å². The van der Waals surface area contributed by atoms with Gasteiger partial charge in [0, 0.05) is 22.9 Å². The fourth-order valence-corrected chi connectivity index (χ4v) is 7.72. The van der Waals surface area contributed by atoms with Crippen LogP contribution in [-0.4, -0.2) is 48.2 Å². The summed E-state index contributed by atoms with van der Waals surface area (Å²) in [6, 6.07) is 11.3. The Morgan fingerprint density at radius 3 is 2.38 bits per heavy atom. The molecule has 2 fully saturated rings. The number of amides is 4. The van der Waals surface area contributed by atoms with Crippen molar-refractivity contribution in [1.29, 1.82) is 0 Å². The van der Waals surface area contributed by atoms with E-state index in [0.29, 0.717) is 24.4 Å². The largest absolute Gasteiger partial charge is 0.440 e. The van der Waals surface area contributed by atoms with Gasteiger partial charge in [-0.05, 0) is 78.8 Å². The van der Waals surface area contributed by atoms with Crippen LogP contribution in [0, 0.1) is 11.8 Å². The van der Waals surface area contributed by atoms with E-state index < -0.39 is 53.2 Å². The van der Waals surface area contributed by atoms with E-state index in [1.807, 2.05) is 38.1 Å². The van der Waals surface area contributed by atoms with Crippen molar-refractivity contribution in [2.24, 2.45) is 17.6 Å². The van der Waals surface area contributed by atoms with E-state index >= 15 is 0 Å². The molecule has 1 heterocycles. The second-order valence-corrected chi connectivity index (χ2v) is 14.6. The van der Waals surface area contributed by atoms with Crippen molar-refractivity contribution in [3.63, 3.8) is 0 Å². The van der Waals surface area contributed by atoms with Gasteiger partial charge in [0.05, 0.1) is 6.04 Å². The quantitative estimate of drug-likeness (QED) is 0.219. The normalized spacial score (nSPS) is 19.8. The third-order valence-corrected chi connectivity index (χ3v) is 10.6. The number of fused-ring (bicyclic) bond motifs is 1. The molecule has 5 rings (SSSR count). The van der Waals surface area contributed by atoms with Crippen molar-refractivity contribution in [2.75, 3.05) is 6.54 Å². The predicted molar refractivity (Wildman–Crippen MR) is 182 cm³/mol. The average Bonchev–Trinajstić information content (AvgIpc) is 3.71. The minimum absolute atomic E-state index is 0.0613. The van der Waals surface area contributed by atoms with Crippen LogP contribution in [0.4, 0.5) is 4.79 Å². The van der Waals surface area contributed by atoms with Gasteiger partial charge in [0.2, 0.25) is 17.6 Å². The lowest BCUT2D eigenvalue weighted by Gasteiger charge is -2.36. The first kappa shape index (κ1) is 35.4. The molecule has 2 aliphatic carbocycles. The minimum Gasteiger partial charge on any atom is -0.440 e. The number of ether oxygens (including phenoxy) is 1. The highest BCUT2D eigenvalue weighted by Gasteiger charge is 2.39. The summed E-state index contributed by atoms with van der Waals surface area (Å²) in [5.74, 6) is -3.42. The monoisotopic (exact) mass is 678 g/mol. The lowest BCUT2D eigenvalue weighted by molar-refractivity contribution is -0.139. The summed E-state index contributed by atoms with van der Waals surface area (Å²) in [5.41, 5.74) is 8.87. The van der Waals surface area contributed by atoms with Crippen LogP contribution >= 0.6 is 11.6 Å². The van der Waals surface area contributed by atoms with Crippen molar-refractivity contribution >= 4 is 41.2 Å². The van der Waals surface area contributed by atoms with Gasteiger partial charge in [0.25, 0.3) is 5.91 Å². The zero-order valence-corrected chi connectivity index (χ0v) is 28.6. The van der Waals surface area contributed by atoms with E-state index in [9.17, 15) is 24.0 Å². The van der Waals surface area contributed by atoms with Crippen molar-refractivity contribution in [1.82, 2.24) is 16.0 Å². The zero-order valence-electron chi connectivity index (χ0n) is 27.8. The molecule has 4 unspecified atom stereocenters. The number of ketones is 1. The van der Waals surface area contributed by atoms with Crippen LogP contribution in [-0.2, 0) is 42.2 Å². The fraction of sp³-hybridized carbons (Fsp3) is 0.541. The number of Topliss-reactive ketones (excluding diaryl/α,β-unsaturated/α-hetero) is 1. The third-order valence-electron chi connectivity index (χ3n) is 10.3. The van der Waals surface area contributed by atoms with E-state index in [1.54, 1.807) is 6.07 Å². The second-order valence-electron chi connectivity index (χ2n) is 14.1. The highest BCUT2D eigenvalue weighted by Crippen LogP contribution is 2.42. The molecule has 0 spiro atoms. The number of hydrogen-bond donors (Lipinski definition) is 4. The number of primary amides is 1. The maximum Gasteiger partial charge on any atom is 0.408 e. The van der Waals surface area contributed by atoms with Gasteiger partial charge >= 0.3 is 6.09 Å². The third kappa shape index (κ3) is 8.56. The van der Waals surface area contributed by atoms with Crippen LogP contribution in [0.3, 0.4) is 0 Å². The highest BCUT2D eigenvalue weighted by atomic mass is 35.5. The molecule has 4 amide bonds. The van der Waals surface area contributed by atoms with E-state index in [4.69, 9.17) is 22.1 Å². The molecule has 258 valence electrons. The highest BCUT2D eigenvalue weighted by molar-refractivity contribution is 6.38. The summed E-state index contributed by atoms with van der Waals surface area (Å²) in [6.45, 7) is 4.44. The van der Waals surface area contributed by atoms with Crippen LogP contribution in [0.1, 0.15) is 100.0 Å². The molecule has 48 heavy (non-hydrogen) atoms. The fourth-order valence-electron chi connectivity index (χ4n) is 7.53. The second kappa shape index (κ2) is 15.5. The van der Waals surface area contributed by atoms with E-state index in [-0.39, 0.29) is 18.2 Å². The van der Waals surface area contributed by atoms with Crippen LogP contribution in [0.5, 0.6) is 0 Å². The molecule has 10 nitrogen and oxygen atoms in total. The average molecular weight is 679 g/mol. The van der Waals surface area contributed by atoms with Crippen molar-refractivity contribution in [3.8, 4) is 0 Å². The van der Waals surface area contributed by atoms with Gasteiger partial charge in [-0.15, -0.1) is 0 Å². The molecule has 1 saturated carbocycles. The molecule has 2 aromatic rings. The zero-order chi connectivity index (χ0) is 34.4. The Morgan fingerprint density at radius 1 is 0.938 bits per heavy atom. The minimum atomic E-state index is -1.29. The lowest BCUT2D eigenvalue weighted by atomic mass is 9.76. The number of carbonyl (C=O) groups is 5. The molecule has 0 radical (unpaired) electrons. The Balaban J connectivity index is 1.40. The Morgan fingerprint density at radius 2 is 1.69 bits per heavy atom. The molecule has 0 aromatic heterocycles. The molecule has 2 aromatic carbocycles. The van der Waals surface area contributed by atoms with Crippen LogP contribution < -0.4 is 21.7 Å². The summed E-state index contributed by atoms with van der Waals surface area (Å²) in [4.78, 5) is 64.8. The van der Waals surface area contributed by atoms with Gasteiger partial charge in [0.1, 0.15) is 12.1 Å². The molecule has 3 aliphatic rings. The van der Waals surface area contributed by atoms with Crippen molar-refractivity contribution in [3.05, 3.63) is 69.7 Å². The lowest BCUT2D eigenvalue weighted by Crippen LogP contribution is -2.54. The number of rotatable bonds is 13. The molecular weight excluding hydrogens is 632 g/mol. The predicted octanol–water partition coefficient (Wildman–Crippen LogP) is 4.98. The van der Waals surface area contributed by atoms with Gasteiger partial charge in [-0.2, -0.15) is 0 Å². The van der Waals surface area contributed by atoms with Crippen LogP contribution in [0.25, 0.3) is 0 Å². The Kier molecular flexibility index (Phi) is 11.5. The summed E-state index contributed by atoms with van der Waals surface area (Å²) in [7, 11) is 0. The summed E-state index contributed by atoms with van der Waals surface area (Å²) in [5, 5.41) is 8.76. The number of carbonyl (C=O) groups excluding carboxylic acids is 5. The smallest absolute Gasteiger partial charge is 0.408 e.